The third-order valence-electron chi connectivity index (χ3n) is 3.52. The highest BCUT2D eigenvalue weighted by atomic mass is 16.3. The average Bonchev–Trinajstić information content (AvgIpc) is 2.97. The summed E-state index contributed by atoms with van der Waals surface area (Å²) in [6, 6.07) is 10.5. The molecule has 0 radical (unpaired) electrons. The van der Waals surface area contributed by atoms with Gasteiger partial charge in [-0.1, -0.05) is 30.3 Å². The number of aryl methyl sites for hydroxylation is 1. The molecule has 0 aliphatic carbocycles. The molecular weight excluding hydrogens is 250 g/mol. The van der Waals surface area contributed by atoms with Gasteiger partial charge in [0.2, 0.25) is 0 Å². The van der Waals surface area contributed by atoms with Gasteiger partial charge in [-0.15, -0.1) is 0 Å². The topological polar surface area (TPSA) is 50.1 Å². The Morgan fingerprint density at radius 1 is 1.30 bits per heavy atom. The fraction of sp³-hybridized carbons (Fsp3) is 0.438. The predicted octanol–water partition coefficient (Wildman–Crippen LogP) is 2.16. The minimum Gasteiger partial charge on any atom is -0.394 e. The lowest BCUT2D eigenvalue weighted by molar-refractivity contribution is 0.136. The molecule has 1 atom stereocenters. The maximum atomic E-state index is 10.0. The van der Waals surface area contributed by atoms with Crippen molar-refractivity contribution in [3.8, 4) is 0 Å². The average molecular weight is 273 g/mol. The summed E-state index contributed by atoms with van der Waals surface area (Å²) in [5.41, 5.74) is 0.705. The molecule has 0 spiro atoms. The van der Waals surface area contributed by atoms with E-state index in [1.807, 2.05) is 35.3 Å². The summed E-state index contributed by atoms with van der Waals surface area (Å²) in [5, 5.41) is 13.6. The van der Waals surface area contributed by atoms with Crippen LogP contribution in [-0.4, -0.2) is 27.3 Å². The molecule has 2 rings (SSSR count). The molecule has 0 fully saturated rings. The Morgan fingerprint density at radius 3 is 2.60 bits per heavy atom. The fourth-order valence-corrected chi connectivity index (χ4v) is 2.56. The van der Waals surface area contributed by atoms with Gasteiger partial charge in [-0.2, -0.15) is 0 Å². The normalized spacial score (nSPS) is 14.4. The molecule has 0 aliphatic heterocycles. The highest BCUT2D eigenvalue weighted by molar-refractivity contribution is 5.25. The van der Waals surface area contributed by atoms with E-state index in [1.54, 1.807) is 6.20 Å². The summed E-state index contributed by atoms with van der Waals surface area (Å²) in [6.07, 6.45) is 6.34. The monoisotopic (exact) mass is 273 g/mol. The van der Waals surface area contributed by atoms with Crippen LogP contribution in [-0.2, 0) is 12.1 Å². The second kappa shape index (κ2) is 6.68. The van der Waals surface area contributed by atoms with Crippen LogP contribution in [0.4, 0.5) is 0 Å². The molecule has 1 heterocycles. The molecule has 20 heavy (non-hydrogen) atoms. The standard InChI is InChI=1S/C16H23N3O/c1-14(2)18-16(12-20,15-6-4-3-5-7-15)8-10-19-11-9-17-13-19/h3-7,9,11,13-14,18,20H,8,10,12H2,1-2H3. The summed E-state index contributed by atoms with van der Waals surface area (Å²) in [4.78, 5) is 4.06. The lowest BCUT2D eigenvalue weighted by Gasteiger charge is -2.36. The zero-order valence-electron chi connectivity index (χ0n) is 12.2. The molecule has 1 unspecified atom stereocenters. The van der Waals surface area contributed by atoms with Crippen molar-refractivity contribution in [3.05, 3.63) is 54.6 Å². The summed E-state index contributed by atoms with van der Waals surface area (Å²) in [6.45, 7) is 5.09. The Kier molecular flexibility index (Phi) is 4.93. The molecule has 0 saturated carbocycles. The molecule has 4 nitrogen and oxygen atoms in total. The van der Waals surface area contributed by atoms with Crippen molar-refractivity contribution < 1.29 is 5.11 Å². The second-order valence-electron chi connectivity index (χ2n) is 5.46. The van der Waals surface area contributed by atoms with E-state index in [9.17, 15) is 5.11 Å². The van der Waals surface area contributed by atoms with Crippen LogP contribution in [0.2, 0.25) is 0 Å². The summed E-state index contributed by atoms with van der Waals surface area (Å²) in [7, 11) is 0. The van der Waals surface area contributed by atoms with E-state index in [0.29, 0.717) is 6.04 Å². The Balaban J connectivity index is 2.22. The molecule has 2 N–H and O–H groups in total. The maximum Gasteiger partial charge on any atom is 0.0945 e. The third kappa shape index (κ3) is 3.46. The number of nitrogens with zero attached hydrogens (tertiary/aromatic N) is 2. The number of imidazole rings is 1. The first-order valence-corrected chi connectivity index (χ1v) is 7.06. The largest absolute Gasteiger partial charge is 0.394 e. The first-order valence-electron chi connectivity index (χ1n) is 7.06. The van der Waals surface area contributed by atoms with Crippen molar-refractivity contribution in [1.29, 1.82) is 0 Å². The minimum absolute atomic E-state index is 0.0733. The van der Waals surface area contributed by atoms with Crippen molar-refractivity contribution in [3.63, 3.8) is 0 Å². The van der Waals surface area contributed by atoms with Crippen molar-refractivity contribution in [2.45, 2.75) is 38.4 Å². The molecule has 0 bridgehead atoms. The van der Waals surface area contributed by atoms with Crippen molar-refractivity contribution >= 4 is 0 Å². The van der Waals surface area contributed by atoms with Crippen LogP contribution in [0.25, 0.3) is 0 Å². The molecule has 108 valence electrons. The highest BCUT2D eigenvalue weighted by Crippen LogP contribution is 2.26. The zero-order chi connectivity index (χ0) is 14.4. The molecule has 0 saturated heterocycles. The molecule has 0 amide bonds. The third-order valence-corrected chi connectivity index (χ3v) is 3.52. The summed E-state index contributed by atoms with van der Waals surface area (Å²) >= 11 is 0. The van der Waals surface area contributed by atoms with Gasteiger partial charge in [0.15, 0.2) is 0 Å². The van der Waals surface area contributed by atoms with E-state index in [4.69, 9.17) is 0 Å². The van der Waals surface area contributed by atoms with Crippen LogP contribution in [0.3, 0.4) is 0 Å². The highest BCUT2D eigenvalue weighted by Gasteiger charge is 2.31. The Labute approximate surface area is 120 Å². The lowest BCUT2D eigenvalue weighted by Crippen LogP contribution is -2.49. The van der Waals surface area contributed by atoms with E-state index in [-0.39, 0.29) is 6.61 Å². The molecule has 0 aliphatic rings. The Morgan fingerprint density at radius 2 is 2.05 bits per heavy atom. The van der Waals surface area contributed by atoms with E-state index in [0.717, 1.165) is 18.5 Å². The van der Waals surface area contributed by atoms with Gasteiger partial charge in [0.25, 0.3) is 0 Å². The van der Waals surface area contributed by atoms with Gasteiger partial charge >= 0.3 is 0 Å². The van der Waals surface area contributed by atoms with E-state index in [2.05, 4.69) is 36.3 Å². The maximum absolute atomic E-state index is 10.0. The first kappa shape index (κ1) is 14.8. The van der Waals surface area contributed by atoms with E-state index < -0.39 is 5.54 Å². The van der Waals surface area contributed by atoms with Crippen molar-refractivity contribution in [2.24, 2.45) is 0 Å². The number of hydrogen-bond acceptors (Lipinski definition) is 3. The number of hydrogen-bond donors (Lipinski definition) is 2. The Bertz CT molecular complexity index is 496. The van der Waals surface area contributed by atoms with Gasteiger partial charge < -0.3 is 15.0 Å². The van der Waals surface area contributed by atoms with Crippen LogP contribution in [0.1, 0.15) is 25.8 Å². The van der Waals surface area contributed by atoms with E-state index in [1.165, 1.54) is 0 Å². The number of aliphatic hydroxyl groups excluding tert-OH is 1. The van der Waals surface area contributed by atoms with Crippen LogP contribution < -0.4 is 5.32 Å². The van der Waals surface area contributed by atoms with Gasteiger partial charge in [0.1, 0.15) is 0 Å². The SMILES string of the molecule is CC(C)NC(CO)(CCn1ccnc1)c1ccccc1. The molecule has 1 aromatic heterocycles. The van der Waals surface area contributed by atoms with Crippen LogP contribution in [0, 0.1) is 0 Å². The Hall–Kier alpha value is -1.65. The first-order chi connectivity index (χ1) is 9.66. The van der Waals surface area contributed by atoms with Gasteiger partial charge in [-0.3, -0.25) is 0 Å². The predicted molar refractivity (Wildman–Crippen MR) is 80.3 cm³/mol. The fourth-order valence-electron chi connectivity index (χ4n) is 2.56. The smallest absolute Gasteiger partial charge is 0.0945 e. The van der Waals surface area contributed by atoms with Crippen LogP contribution in [0.15, 0.2) is 49.1 Å². The number of rotatable bonds is 7. The number of aliphatic hydroxyl groups is 1. The van der Waals surface area contributed by atoms with Crippen LogP contribution >= 0.6 is 0 Å². The van der Waals surface area contributed by atoms with Crippen molar-refractivity contribution in [1.82, 2.24) is 14.9 Å². The van der Waals surface area contributed by atoms with Gasteiger partial charge in [0, 0.05) is 25.0 Å². The summed E-state index contributed by atoms with van der Waals surface area (Å²) < 4.78 is 2.04. The summed E-state index contributed by atoms with van der Waals surface area (Å²) in [5.74, 6) is 0. The number of benzene rings is 1. The van der Waals surface area contributed by atoms with Gasteiger partial charge in [-0.05, 0) is 25.8 Å². The lowest BCUT2D eigenvalue weighted by atomic mass is 9.86. The molecule has 4 heteroatoms. The van der Waals surface area contributed by atoms with Crippen molar-refractivity contribution in [2.75, 3.05) is 6.61 Å². The van der Waals surface area contributed by atoms with Gasteiger partial charge in [-0.25, -0.2) is 4.98 Å². The molecule has 1 aromatic carbocycles. The molecular formula is C16H23N3O. The van der Waals surface area contributed by atoms with E-state index >= 15 is 0 Å². The van der Waals surface area contributed by atoms with Crippen LogP contribution in [0.5, 0.6) is 0 Å². The molecule has 2 aromatic rings. The zero-order valence-corrected chi connectivity index (χ0v) is 12.2. The quantitative estimate of drug-likeness (QED) is 0.813. The second-order valence-corrected chi connectivity index (χ2v) is 5.46. The number of aromatic nitrogens is 2. The van der Waals surface area contributed by atoms with Gasteiger partial charge in [0.05, 0.1) is 18.5 Å². The minimum atomic E-state index is -0.417. The number of nitrogens with one attached hydrogen (secondary N) is 1.